The first-order valence-electron chi connectivity index (χ1n) is 8.35. The van der Waals surface area contributed by atoms with E-state index in [1.165, 1.54) is 23.9 Å². The van der Waals surface area contributed by atoms with E-state index in [0.717, 1.165) is 22.8 Å². The van der Waals surface area contributed by atoms with Crippen molar-refractivity contribution in [2.24, 2.45) is 0 Å². The molecule has 26 heavy (non-hydrogen) atoms. The summed E-state index contributed by atoms with van der Waals surface area (Å²) in [4.78, 5) is 14.8. The molecule has 1 heterocycles. The highest BCUT2D eigenvalue weighted by Gasteiger charge is 2.30. The number of ether oxygens (including phenoxy) is 1. The van der Waals surface area contributed by atoms with Gasteiger partial charge in [0.15, 0.2) is 0 Å². The molecule has 2 aromatic rings. The molecule has 0 bridgehead atoms. The van der Waals surface area contributed by atoms with Crippen LogP contribution >= 0.6 is 23.4 Å². The number of carboxylic acid groups (broad SMARTS) is 1. The van der Waals surface area contributed by atoms with Crippen molar-refractivity contribution in [3.8, 4) is 5.75 Å². The summed E-state index contributed by atoms with van der Waals surface area (Å²) >= 11 is 7.47. The molecule has 0 radical (unpaired) electrons. The second-order valence-corrected chi connectivity index (χ2v) is 7.58. The second kappa shape index (κ2) is 8.75. The molecule has 1 aliphatic heterocycles. The minimum atomic E-state index is -0.785. The van der Waals surface area contributed by atoms with Crippen molar-refractivity contribution in [2.45, 2.75) is 28.7 Å². The van der Waals surface area contributed by atoms with Crippen molar-refractivity contribution in [3.05, 3.63) is 53.3 Å². The third kappa shape index (κ3) is 4.90. The van der Waals surface area contributed by atoms with Crippen LogP contribution in [0.5, 0.6) is 5.75 Å². The molecule has 4 nitrogen and oxygen atoms in total. The Morgan fingerprint density at radius 2 is 2.19 bits per heavy atom. The summed E-state index contributed by atoms with van der Waals surface area (Å²) in [6.07, 6.45) is 1.56. The van der Waals surface area contributed by atoms with Crippen molar-refractivity contribution in [3.63, 3.8) is 0 Å². The van der Waals surface area contributed by atoms with Crippen molar-refractivity contribution < 1.29 is 19.0 Å². The minimum Gasteiger partial charge on any atom is -0.491 e. The van der Waals surface area contributed by atoms with E-state index >= 15 is 0 Å². The lowest BCUT2D eigenvalue weighted by Crippen LogP contribution is -2.38. The normalized spacial score (nSPS) is 17.4. The Kier molecular flexibility index (Phi) is 6.40. The molecule has 0 aromatic heterocycles. The van der Waals surface area contributed by atoms with Crippen LogP contribution in [0.25, 0.3) is 0 Å². The maximum absolute atomic E-state index is 13.4. The van der Waals surface area contributed by atoms with E-state index < -0.39 is 12.0 Å². The molecule has 0 saturated carbocycles. The summed E-state index contributed by atoms with van der Waals surface area (Å²) in [5, 5.41) is 9.78. The SMILES string of the molecule is O=C(O)[C@@H]1CCCN1CCOc1cc(Cl)ccc1Sc1cccc(F)c1. The molecule has 0 amide bonds. The van der Waals surface area contributed by atoms with Gasteiger partial charge in [0.2, 0.25) is 0 Å². The van der Waals surface area contributed by atoms with Gasteiger partial charge >= 0.3 is 5.97 Å². The number of carboxylic acids is 1. The minimum absolute atomic E-state index is 0.292. The average molecular weight is 396 g/mol. The van der Waals surface area contributed by atoms with Gasteiger partial charge in [-0.3, -0.25) is 9.69 Å². The third-order valence-corrected chi connectivity index (χ3v) is 5.50. The van der Waals surface area contributed by atoms with Crippen LogP contribution in [0, 0.1) is 5.82 Å². The van der Waals surface area contributed by atoms with Crippen LogP contribution in [0.2, 0.25) is 5.02 Å². The molecule has 3 rings (SSSR count). The summed E-state index contributed by atoms with van der Waals surface area (Å²) in [7, 11) is 0. The molecule has 2 aromatic carbocycles. The van der Waals surface area contributed by atoms with Gasteiger partial charge in [-0.05, 0) is 55.8 Å². The number of benzene rings is 2. The highest BCUT2D eigenvalue weighted by Crippen LogP contribution is 2.36. The van der Waals surface area contributed by atoms with Gasteiger partial charge in [0, 0.05) is 16.5 Å². The van der Waals surface area contributed by atoms with Crippen LogP contribution in [0.1, 0.15) is 12.8 Å². The van der Waals surface area contributed by atoms with Gasteiger partial charge in [0.25, 0.3) is 0 Å². The number of hydrogen-bond acceptors (Lipinski definition) is 4. The Hall–Kier alpha value is -1.76. The Morgan fingerprint density at radius 1 is 1.35 bits per heavy atom. The molecular formula is C19H19ClFNO3S. The van der Waals surface area contributed by atoms with Crippen molar-refractivity contribution in [1.29, 1.82) is 0 Å². The molecule has 1 saturated heterocycles. The van der Waals surface area contributed by atoms with Crippen LogP contribution in [0.3, 0.4) is 0 Å². The average Bonchev–Trinajstić information content (AvgIpc) is 3.06. The highest BCUT2D eigenvalue weighted by molar-refractivity contribution is 7.99. The van der Waals surface area contributed by atoms with Crippen molar-refractivity contribution >= 4 is 29.3 Å². The first kappa shape index (κ1) is 19.0. The first-order chi connectivity index (χ1) is 12.5. The van der Waals surface area contributed by atoms with Gasteiger partial charge in [-0.1, -0.05) is 29.4 Å². The lowest BCUT2D eigenvalue weighted by molar-refractivity contribution is -0.142. The fourth-order valence-electron chi connectivity index (χ4n) is 2.98. The zero-order chi connectivity index (χ0) is 18.5. The van der Waals surface area contributed by atoms with E-state index in [0.29, 0.717) is 30.3 Å². The number of carbonyl (C=O) groups is 1. The fraction of sp³-hybridized carbons (Fsp3) is 0.316. The quantitative estimate of drug-likeness (QED) is 0.744. The third-order valence-electron chi connectivity index (χ3n) is 4.21. The Balaban J connectivity index is 1.65. The van der Waals surface area contributed by atoms with E-state index in [2.05, 4.69) is 0 Å². The molecule has 1 aliphatic rings. The monoisotopic (exact) mass is 395 g/mol. The van der Waals surface area contributed by atoms with Gasteiger partial charge in [-0.25, -0.2) is 4.39 Å². The zero-order valence-electron chi connectivity index (χ0n) is 14.0. The topological polar surface area (TPSA) is 49.8 Å². The van der Waals surface area contributed by atoms with Gasteiger partial charge < -0.3 is 9.84 Å². The standard InChI is InChI=1S/C19H19ClFNO3S/c20-13-6-7-18(26-15-4-1-3-14(21)12-15)17(11-13)25-10-9-22-8-2-5-16(22)19(23)24/h1,3-4,6-7,11-12,16H,2,5,8-10H2,(H,23,24)/t16-/m0/s1. The van der Waals surface area contributed by atoms with E-state index in [4.69, 9.17) is 16.3 Å². The van der Waals surface area contributed by atoms with Crippen LogP contribution < -0.4 is 4.74 Å². The summed E-state index contributed by atoms with van der Waals surface area (Å²) in [6.45, 7) is 1.66. The Bertz CT molecular complexity index is 789. The van der Waals surface area contributed by atoms with E-state index in [-0.39, 0.29) is 5.82 Å². The summed E-state index contributed by atoms with van der Waals surface area (Å²) < 4.78 is 19.3. The molecular weight excluding hydrogens is 377 g/mol. The first-order valence-corrected chi connectivity index (χ1v) is 9.55. The lowest BCUT2D eigenvalue weighted by Gasteiger charge is -2.21. The lowest BCUT2D eigenvalue weighted by atomic mass is 10.2. The summed E-state index contributed by atoms with van der Waals surface area (Å²) in [5.74, 6) is -0.467. The smallest absolute Gasteiger partial charge is 0.320 e. The molecule has 0 unspecified atom stereocenters. The van der Waals surface area contributed by atoms with E-state index in [1.54, 1.807) is 18.2 Å². The van der Waals surface area contributed by atoms with Crippen LogP contribution in [0.4, 0.5) is 4.39 Å². The van der Waals surface area contributed by atoms with E-state index in [9.17, 15) is 14.3 Å². The number of halogens is 2. The molecule has 1 N–H and O–H groups in total. The molecule has 1 fully saturated rings. The number of likely N-dealkylation sites (tertiary alicyclic amines) is 1. The van der Waals surface area contributed by atoms with Gasteiger partial charge in [0.05, 0.1) is 4.90 Å². The Morgan fingerprint density at radius 3 is 2.96 bits per heavy atom. The van der Waals surface area contributed by atoms with Gasteiger partial charge in [0.1, 0.15) is 24.2 Å². The molecule has 7 heteroatoms. The maximum atomic E-state index is 13.4. The number of hydrogen-bond donors (Lipinski definition) is 1. The predicted molar refractivity (Wildman–Crippen MR) is 99.7 cm³/mol. The number of nitrogens with zero attached hydrogens (tertiary/aromatic N) is 1. The second-order valence-electron chi connectivity index (χ2n) is 6.03. The van der Waals surface area contributed by atoms with Crippen molar-refractivity contribution in [1.82, 2.24) is 4.90 Å². The van der Waals surface area contributed by atoms with Crippen LogP contribution in [0.15, 0.2) is 52.3 Å². The molecule has 138 valence electrons. The maximum Gasteiger partial charge on any atom is 0.320 e. The number of rotatable bonds is 7. The van der Waals surface area contributed by atoms with Crippen molar-refractivity contribution in [2.75, 3.05) is 19.7 Å². The largest absolute Gasteiger partial charge is 0.491 e. The molecule has 0 aliphatic carbocycles. The Labute approximate surface area is 160 Å². The summed E-state index contributed by atoms with van der Waals surface area (Å²) in [5.41, 5.74) is 0. The zero-order valence-corrected chi connectivity index (χ0v) is 15.6. The van der Waals surface area contributed by atoms with Gasteiger partial charge in [-0.2, -0.15) is 0 Å². The van der Waals surface area contributed by atoms with Gasteiger partial charge in [-0.15, -0.1) is 0 Å². The predicted octanol–water partition coefficient (Wildman–Crippen LogP) is 4.56. The molecule has 0 spiro atoms. The fourth-order valence-corrected chi connectivity index (χ4v) is 4.07. The van der Waals surface area contributed by atoms with Crippen LogP contribution in [-0.2, 0) is 4.79 Å². The molecule has 1 atom stereocenters. The van der Waals surface area contributed by atoms with E-state index in [1.807, 2.05) is 17.0 Å². The summed E-state index contributed by atoms with van der Waals surface area (Å²) in [6, 6.07) is 11.2. The number of aliphatic carboxylic acids is 1. The van der Waals surface area contributed by atoms with Crippen LogP contribution in [-0.4, -0.2) is 41.7 Å². The highest BCUT2D eigenvalue weighted by atomic mass is 35.5.